The molecule has 1 heterocycles. The predicted molar refractivity (Wildman–Crippen MR) is 113 cm³/mol. The highest BCUT2D eigenvalue weighted by molar-refractivity contribution is 5.91. The van der Waals surface area contributed by atoms with Gasteiger partial charge in [-0.25, -0.2) is 0 Å². The molecule has 0 saturated heterocycles. The molecular weight excluding hydrogens is 352 g/mol. The third-order valence-corrected chi connectivity index (χ3v) is 4.78. The summed E-state index contributed by atoms with van der Waals surface area (Å²) in [6, 6.07) is 15.2. The van der Waals surface area contributed by atoms with Gasteiger partial charge in [-0.05, 0) is 53.8 Å². The Morgan fingerprint density at radius 2 is 1.79 bits per heavy atom. The van der Waals surface area contributed by atoms with Crippen LogP contribution in [0.3, 0.4) is 0 Å². The van der Waals surface area contributed by atoms with E-state index < -0.39 is 0 Å². The first-order chi connectivity index (χ1) is 13.3. The lowest BCUT2D eigenvalue weighted by Gasteiger charge is -2.19. The second-order valence-corrected chi connectivity index (χ2v) is 7.95. The van der Waals surface area contributed by atoms with E-state index in [2.05, 4.69) is 31.1 Å². The number of methoxy groups -OCH3 is 1. The molecule has 0 saturated carbocycles. The van der Waals surface area contributed by atoms with Crippen LogP contribution in [-0.4, -0.2) is 18.0 Å². The maximum absolute atomic E-state index is 12.3. The highest BCUT2D eigenvalue weighted by atomic mass is 16.5. The number of nitrogens with one attached hydrogen (secondary N) is 2. The summed E-state index contributed by atoms with van der Waals surface area (Å²) in [5.41, 5.74) is 3.21. The number of hydrogen-bond acceptors (Lipinski definition) is 3. The lowest BCUT2D eigenvalue weighted by Crippen LogP contribution is -2.17. The Morgan fingerprint density at radius 3 is 2.43 bits per heavy atom. The molecule has 0 aliphatic carbocycles. The second kappa shape index (κ2) is 7.89. The number of aromatic nitrogens is 1. The molecule has 5 nitrogen and oxygen atoms in total. The minimum Gasteiger partial charge on any atom is -0.497 e. The van der Waals surface area contributed by atoms with Gasteiger partial charge in [0.25, 0.3) is 5.56 Å². The number of carbonyl (C=O) groups excluding carboxylic acids is 1. The summed E-state index contributed by atoms with van der Waals surface area (Å²) in [6.45, 7) is 6.45. The van der Waals surface area contributed by atoms with Crippen LogP contribution in [0, 0.1) is 0 Å². The van der Waals surface area contributed by atoms with Gasteiger partial charge in [-0.15, -0.1) is 0 Å². The fourth-order valence-electron chi connectivity index (χ4n) is 3.07. The largest absolute Gasteiger partial charge is 0.497 e. The van der Waals surface area contributed by atoms with Crippen molar-refractivity contribution in [1.82, 2.24) is 4.98 Å². The monoisotopic (exact) mass is 378 g/mol. The van der Waals surface area contributed by atoms with Crippen molar-refractivity contribution < 1.29 is 9.53 Å². The number of ether oxygens (including phenoxy) is 1. The van der Waals surface area contributed by atoms with Crippen LogP contribution in [0.15, 0.2) is 53.3 Å². The van der Waals surface area contributed by atoms with Crippen LogP contribution < -0.4 is 15.6 Å². The molecule has 0 fully saturated rings. The predicted octanol–water partition coefficient (Wildman–Crippen LogP) is 4.41. The van der Waals surface area contributed by atoms with Crippen molar-refractivity contribution in [3.63, 3.8) is 0 Å². The van der Waals surface area contributed by atoms with E-state index >= 15 is 0 Å². The van der Waals surface area contributed by atoms with E-state index in [-0.39, 0.29) is 23.3 Å². The molecule has 146 valence electrons. The molecule has 3 aromatic rings. The first kappa shape index (κ1) is 19.7. The first-order valence-electron chi connectivity index (χ1n) is 9.36. The minimum absolute atomic E-state index is 0.0718. The molecule has 0 bridgehead atoms. The van der Waals surface area contributed by atoms with Gasteiger partial charge < -0.3 is 15.0 Å². The third kappa shape index (κ3) is 4.60. The van der Waals surface area contributed by atoms with E-state index in [1.54, 1.807) is 13.2 Å². The number of anilines is 1. The van der Waals surface area contributed by atoms with Crippen molar-refractivity contribution in [2.24, 2.45) is 0 Å². The van der Waals surface area contributed by atoms with Gasteiger partial charge >= 0.3 is 0 Å². The normalized spacial score (nSPS) is 11.4. The van der Waals surface area contributed by atoms with Crippen molar-refractivity contribution in [3.05, 3.63) is 70.0 Å². The van der Waals surface area contributed by atoms with Crippen LogP contribution in [0.5, 0.6) is 5.75 Å². The van der Waals surface area contributed by atoms with Gasteiger partial charge in [0.15, 0.2) is 0 Å². The number of pyridine rings is 1. The van der Waals surface area contributed by atoms with Crippen molar-refractivity contribution >= 4 is 22.5 Å². The molecule has 1 aromatic heterocycles. The fraction of sp³-hybridized carbons (Fsp3) is 0.304. The summed E-state index contributed by atoms with van der Waals surface area (Å²) in [6.07, 6.45) is 0.605. The molecule has 5 heteroatoms. The van der Waals surface area contributed by atoms with Gasteiger partial charge in [-0.2, -0.15) is 0 Å². The van der Waals surface area contributed by atoms with Crippen LogP contribution in [0.2, 0.25) is 0 Å². The summed E-state index contributed by atoms with van der Waals surface area (Å²) in [5, 5.41) is 3.78. The van der Waals surface area contributed by atoms with E-state index in [9.17, 15) is 9.59 Å². The highest BCUT2D eigenvalue weighted by Gasteiger charge is 2.13. The average Bonchev–Trinajstić information content (AvgIpc) is 2.65. The topological polar surface area (TPSA) is 71.2 Å². The molecule has 28 heavy (non-hydrogen) atoms. The van der Waals surface area contributed by atoms with Crippen molar-refractivity contribution in [3.8, 4) is 5.75 Å². The van der Waals surface area contributed by atoms with Crippen molar-refractivity contribution in [2.75, 3.05) is 12.4 Å². The Balaban J connectivity index is 1.67. The number of H-pyrrole nitrogens is 1. The fourth-order valence-corrected chi connectivity index (χ4v) is 3.07. The van der Waals surface area contributed by atoms with Crippen molar-refractivity contribution in [1.29, 1.82) is 0 Å². The van der Waals surface area contributed by atoms with E-state index in [0.717, 1.165) is 22.3 Å². The van der Waals surface area contributed by atoms with Crippen molar-refractivity contribution in [2.45, 2.75) is 39.0 Å². The van der Waals surface area contributed by atoms with E-state index in [1.165, 1.54) is 5.56 Å². The molecule has 0 spiro atoms. The Labute approximate surface area is 164 Å². The highest BCUT2D eigenvalue weighted by Crippen LogP contribution is 2.23. The zero-order valence-corrected chi connectivity index (χ0v) is 16.8. The second-order valence-electron chi connectivity index (χ2n) is 7.95. The molecule has 0 unspecified atom stereocenters. The average molecular weight is 378 g/mol. The van der Waals surface area contributed by atoms with Gasteiger partial charge in [0.05, 0.1) is 7.11 Å². The van der Waals surface area contributed by atoms with Crippen LogP contribution in [0.4, 0.5) is 5.69 Å². The number of amides is 1. The van der Waals surface area contributed by atoms with E-state index in [1.807, 2.05) is 42.5 Å². The number of hydrogen-bond donors (Lipinski definition) is 2. The molecule has 0 aliphatic rings. The van der Waals surface area contributed by atoms with E-state index in [0.29, 0.717) is 12.0 Å². The number of aromatic amines is 1. The zero-order valence-electron chi connectivity index (χ0n) is 16.8. The summed E-state index contributed by atoms with van der Waals surface area (Å²) in [5.74, 6) is 0.607. The lowest BCUT2D eigenvalue weighted by atomic mass is 9.87. The van der Waals surface area contributed by atoms with Crippen LogP contribution >= 0.6 is 0 Å². The Bertz CT molecular complexity index is 1040. The molecule has 3 rings (SSSR count). The number of fused-ring (bicyclic) bond motifs is 1. The number of rotatable bonds is 5. The number of carbonyl (C=O) groups is 1. The standard InChI is InChI=1S/C23H26N2O3/c1-23(2,3)17-6-8-18(9-7-17)24-21(26)12-5-15-13-16-14-19(28-4)10-11-20(16)25-22(15)27/h6-11,13-14H,5,12H2,1-4H3,(H,24,26)(H,25,27). The van der Waals surface area contributed by atoms with Gasteiger partial charge in [-0.1, -0.05) is 32.9 Å². The number of benzene rings is 2. The van der Waals surface area contributed by atoms with Gasteiger partial charge in [0.2, 0.25) is 5.91 Å². The van der Waals surface area contributed by atoms with Gasteiger partial charge in [0.1, 0.15) is 5.75 Å². The zero-order chi connectivity index (χ0) is 20.3. The smallest absolute Gasteiger partial charge is 0.251 e. The molecule has 0 aliphatic heterocycles. The molecule has 2 N–H and O–H groups in total. The van der Waals surface area contributed by atoms with Crippen LogP contribution in [0.1, 0.15) is 38.3 Å². The van der Waals surface area contributed by atoms with E-state index in [4.69, 9.17) is 4.74 Å². The lowest BCUT2D eigenvalue weighted by molar-refractivity contribution is -0.116. The van der Waals surface area contributed by atoms with Crippen LogP contribution in [0.25, 0.3) is 10.9 Å². The summed E-state index contributed by atoms with van der Waals surface area (Å²) in [7, 11) is 1.60. The quantitative estimate of drug-likeness (QED) is 0.691. The summed E-state index contributed by atoms with van der Waals surface area (Å²) >= 11 is 0. The van der Waals surface area contributed by atoms with Gasteiger partial charge in [-0.3, -0.25) is 9.59 Å². The minimum atomic E-state index is -0.167. The SMILES string of the molecule is COc1ccc2[nH]c(=O)c(CCC(=O)Nc3ccc(C(C)(C)C)cc3)cc2c1. The molecule has 1 amide bonds. The van der Waals surface area contributed by atoms with Crippen LogP contribution in [-0.2, 0) is 16.6 Å². The Morgan fingerprint density at radius 1 is 1.07 bits per heavy atom. The Kier molecular flexibility index (Phi) is 5.54. The maximum atomic E-state index is 12.3. The Hall–Kier alpha value is -3.08. The molecular formula is C23H26N2O3. The third-order valence-electron chi connectivity index (χ3n) is 4.78. The molecule has 0 atom stereocenters. The van der Waals surface area contributed by atoms with Gasteiger partial charge in [0, 0.05) is 28.6 Å². The molecule has 2 aromatic carbocycles. The number of aryl methyl sites for hydroxylation is 1. The summed E-state index contributed by atoms with van der Waals surface area (Å²) < 4.78 is 5.23. The summed E-state index contributed by atoms with van der Waals surface area (Å²) in [4.78, 5) is 27.4. The first-order valence-corrected chi connectivity index (χ1v) is 9.36. The molecule has 0 radical (unpaired) electrons. The maximum Gasteiger partial charge on any atom is 0.251 e.